The highest BCUT2D eigenvalue weighted by Gasteiger charge is 2.15. The molecule has 0 fully saturated rings. The van der Waals surface area contributed by atoms with Crippen LogP contribution in [0.3, 0.4) is 0 Å². The zero-order chi connectivity index (χ0) is 15.9. The SMILES string of the molecule is CN=C(NCc1sccc1C)NCC(c1cccs1)N(C)C.I. The van der Waals surface area contributed by atoms with Gasteiger partial charge in [-0.25, -0.2) is 0 Å². The summed E-state index contributed by atoms with van der Waals surface area (Å²) >= 11 is 3.57. The molecule has 0 aliphatic heterocycles. The van der Waals surface area contributed by atoms with Crippen LogP contribution in [-0.4, -0.2) is 38.5 Å². The molecule has 1 atom stereocenters. The molecule has 128 valence electrons. The average Bonchev–Trinajstić information content (AvgIpc) is 3.14. The summed E-state index contributed by atoms with van der Waals surface area (Å²) in [5.74, 6) is 0.844. The molecule has 0 spiro atoms. The van der Waals surface area contributed by atoms with E-state index >= 15 is 0 Å². The molecule has 1 unspecified atom stereocenters. The summed E-state index contributed by atoms with van der Waals surface area (Å²) in [4.78, 5) is 9.26. The molecule has 23 heavy (non-hydrogen) atoms. The van der Waals surface area contributed by atoms with Crippen molar-refractivity contribution in [3.8, 4) is 0 Å². The van der Waals surface area contributed by atoms with Gasteiger partial charge in [-0.15, -0.1) is 46.7 Å². The van der Waals surface area contributed by atoms with Crippen LogP contribution in [-0.2, 0) is 6.54 Å². The van der Waals surface area contributed by atoms with Gasteiger partial charge in [0.05, 0.1) is 12.6 Å². The maximum absolute atomic E-state index is 4.31. The van der Waals surface area contributed by atoms with Crippen molar-refractivity contribution in [1.82, 2.24) is 15.5 Å². The van der Waals surface area contributed by atoms with Crippen LogP contribution >= 0.6 is 46.7 Å². The minimum Gasteiger partial charge on any atom is -0.354 e. The summed E-state index contributed by atoms with van der Waals surface area (Å²) in [7, 11) is 6.03. The van der Waals surface area contributed by atoms with Crippen molar-refractivity contribution >= 4 is 52.6 Å². The van der Waals surface area contributed by atoms with E-state index in [1.54, 1.807) is 22.7 Å². The summed E-state index contributed by atoms with van der Waals surface area (Å²) in [5.41, 5.74) is 1.33. The molecule has 7 heteroatoms. The van der Waals surface area contributed by atoms with Crippen molar-refractivity contribution in [2.45, 2.75) is 19.5 Å². The van der Waals surface area contributed by atoms with Crippen LogP contribution in [0.15, 0.2) is 34.0 Å². The molecular weight excluding hydrogens is 439 g/mol. The normalized spacial score (nSPS) is 12.8. The van der Waals surface area contributed by atoms with Gasteiger partial charge in [-0.3, -0.25) is 4.99 Å². The number of halogens is 1. The molecule has 2 heterocycles. The third-order valence-corrected chi connectivity index (χ3v) is 5.56. The Bertz CT molecular complexity index is 593. The van der Waals surface area contributed by atoms with Gasteiger partial charge in [0.15, 0.2) is 5.96 Å². The van der Waals surface area contributed by atoms with E-state index in [1.807, 2.05) is 7.05 Å². The second-order valence-electron chi connectivity index (χ2n) is 5.33. The maximum Gasteiger partial charge on any atom is 0.191 e. The second-order valence-corrected chi connectivity index (χ2v) is 7.31. The quantitative estimate of drug-likeness (QED) is 0.389. The smallest absolute Gasteiger partial charge is 0.191 e. The van der Waals surface area contributed by atoms with Gasteiger partial charge in [0.1, 0.15) is 0 Å². The first-order valence-corrected chi connectivity index (χ1v) is 9.05. The lowest BCUT2D eigenvalue weighted by atomic mass is 10.2. The van der Waals surface area contributed by atoms with Crippen LogP contribution in [0.2, 0.25) is 0 Å². The highest BCUT2D eigenvalue weighted by atomic mass is 127. The first-order valence-electron chi connectivity index (χ1n) is 7.29. The number of guanidine groups is 1. The molecule has 2 rings (SSSR count). The van der Waals surface area contributed by atoms with Crippen LogP contribution in [0.5, 0.6) is 0 Å². The van der Waals surface area contributed by atoms with Gasteiger partial charge in [-0.2, -0.15) is 0 Å². The maximum atomic E-state index is 4.31. The van der Waals surface area contributed by atoms with Crippen LogP contribution < -0.4 is 10.6 Å². The summed E-state index contributed by atoms with van der Waals surface area (Å²) in [6.07, 6.45) is 0. The lowest BCUT2D eigenvalue weighted by molar-refractivity contribution is 0.302. The number of rotatable bonds is 6. The standard InChI is InChI=1S/C16H24N4S2.HI/c1-12-7-9-22-15(12)11-19-16(17-2)18-10-13(20(3)4)14-6-5-8-21-14;/h5-9,13H,10-11H2,1-4H3,(H2,17,18,19);1H. The average molecular weight is 464 g/mol. The monoisotopic (exact) mass is 464 g/mol. The number of likely N-dealkylation sites (N-methyl/N-ethyl adjacent to an activating group) is 1. The van der Waals surface area contributed by atoms with E-state index in [1.165, 1.54) is 15.3 Å². The number of nitrogens with one attached hydrogen (secondary N) is 2. The van der Waals surface area contributed by atoms with Crippen LogP contribution in [0, 0.1) is 6.92 Å². The topological polar surface area (TPSA) is 39.7 Å². The van der Waals surface area contributed by atoms with Crippen LogP contribution in [0.4, 0.5) is 0 Å². The van der Waals surface area contributed by atoms with E-state index < -0.39 is 0 Å². The molecule has 0 aliphatic carbocycles. The van der Waals surface area contributed by atoms with Gasteiger partial charge >= 0.3 is 0 Å². The van der Waals surface area contributed by atoms with Crippen molar-refractivity contribution in [3.63, 3.8) is 0 Å². The Kier molecular flexibility index (Phi) is 9.11. The summed E-state index contributed by atoms with van der Waals surface area (Å²) in [6, 6.07) is 6.78. The number of nitrogens with zero attached hydrogens (tertiary/aromatic N) is 2. The molecule has 0 radical (unpaired) electrons. The predicted octanol–water partition coefficient (Wildman–Crippen LogP) is 3.70. The van der Waals surface area contributed by atoms with E-state index in [9.17, 15) is 0 Å². The Balaban J connectivity index is 0.00000264. The molecule has 2 aromatic rings. The molecule has 0 amide bonds. The van der Waals surface area contributed by atoms with Crippen molar-refractivity contribution in [2.75, 3.05) is 27.7 Å². The molecule has 2 N–H and O–H groups in total. The summed E-state index contributed by atoms with van der Waals surface area (Å²) in [6.45, 7) is 3.79. The Morgan fingerprint density at radius 1 is 1.22 bits per heavy atom. The summed E-state index contributed by atoms with van der Waals surface area (Å²) < 4.78 is 0. The molecule has 0 aromatic carbocycles. The molecule has 0 saturated carbocycles. The number of aliphatic imine (C=N–C) groups is 1. The molecule has 0 aliphatic rings. The molecule has 2 aromatic heterocycles. The first kappa shape index (κ1) is 20.4. The fourth-order valence-electron chi connectivity index (χ4n) is 2.18. The van der Waals surface area contributed by atoms with Crippen LogP contribution in [0.1, 0.15) is 21.4 Å². The van der Waals surface area contributed by atoms with Gasteiger partial charge in [0.2, 0.25) is 0 Å². The van der Waals surface area contributed by atoms with Gasteiger partial charge < -0.3 is 15.5 Å². The number of aryl methyl sites for hydroxylation is 1. The molecule has 4 nitrogen and oxygen atoms in total. The Labute approximate surface area is 164 Å². The lowest BCUT2D eigenvalue weighted by Gasteiger charge is -2.24. The lowest BCUT2D eigenvalue weighted by Crippen LogP contribution is -2.41. The van der Waals surface area contributed by atoms with Gasteiger partial charge in [-0.1, -0.05) is 6.07 Å². The summed E-state index contributed by atoms with van der Waals surface area (Å²) in [5, 5.41) is 11.1. The fourth-order valence-corrected chi connectivity index (χ4v) is 3.95. The van der Waals surface area contributed by atoms with E-state index in [4.69, 9.17) is 0 Å². The minimum absolute atomic E-state index is 0. The first-order chi connectivity index (χ1) is 10.6. The fraction of sp³-hybridized carbons (Fsp3) is 0.438. The predicted molar refractivity (Wildman–Crippen MR) is 113 cm³/mol. The zero-order valence-electron chi connectivity index (χ0n) is 14.0. The highest BCUT2D eigenvalue weighted by Crippen LogP contribution is 2.22. The molecular formula is C16H25IN4S2. The third-order valence-electron chi connectivity index (χ3n) is 3.57. The van der Waals surface area contributed by atoms with Gasteiger partial charge in [-0.05, 0) is 49.5 Å². The Morgan fingerprint density at radius 2 is 2.00 bits per heavy atom. The number of hydrogen-bond donors (Lipinski definition) is 2. The van der Waals surface area contributed by atoms with E-state index in [0.717, 1.165) is 19.0 Å². The Hall–Kier alpha value is -0.640. The second kappa shape index (κ2) is 10.3. The van der Waals surface area contributed by atoms with E-state index in [-0.39, 0.29) is 24.0 Å². The van der Waals surface area contributed by atoms with E-state index in [0.29, 0.717) is 6.04 Å². The number of hydrogen-bond acceptors (Lipinski definition) is 4. The zero-order valence-corrected chi connectivity index (χ0v) is 18.0. The Morgan fingerprint density at radius 3 is 2.52 bits per heavy atom. The van der Waals surface area contributed by atoms with Crippen molar-refractivity contribution in [2.24, 2.45) is 4.99 Å². The molecule has 0 bridgehead atoms. The van der Waals surface area contributed by atoms with Gasteiger partial charge in [0, 0.05) is 23.3 Å². The highest BCUT2D eigenvalue weighted by molar-refractivity contribution is 14.0. The van der Waals surface area contributed by atoms with E-state index in [2.05, 4.69) is 70.5 Å². The largest absolute Gasteiger partial charge is 0.354 e. The minimum atomic E-state index is 0. The van der Waals surface area contributed by atoms with Crippen LogP contribution in [0.25, 0.3) is 0 Å². The van der Waals surface area contributed by atoms with Crippen molar-refractivity contribution in [3.05, 3.63) is 44.3 Å². The number of thiophene rings is 2. The molecule has 0 saturated heterocycles. The van der Waals surface area contributed by atoms with Gasteiger partial charge in [0.25, 0.3) is 0 Å². The van der Waals surface area contributed by atoms with Crippen molar-refractivity contribution < 1.29 is 0 Å². The van der Waals surface area contributed by atoms with Crippen molar-refractivity contribution in [1.29, 1.82) is 0 Å². The third kappa shape index (κ3) is 6.06.